The van der Waals surface area contributed by atoms with Crippen molar-refractivity contribution in [1.29, 1.82) is 0 Å². The molecule has 2 aromatic heterocycles. The largest absolute Gasteiger partial charge is 0.440 e. The molecular weight excluding hydrogens is 270 g/mol. The second-order valence-electron chi connectivity index (χ2n) is 3.03. The maximum atomic E-state index is 11.1. The minimum absolute atomic E-state index is 0.110. The van der Waals surface area contributed by atoms with Crippen LogP contribution in [0.25, 0.3) is 10.6 Å². The fourth-order valence-electron chi connectivity index (χ4n) is 1.17. The number of halogens is 1. The molecule has 0 unspecified atom stereocenters. The molecule has 0 radical (unpaired) electrons. The van der Waals surface area contributed by atoms with E-state index in [4.69, 9.17) is 15.1 Å². The third-order valence-electron chi connectivity index (χ3n) is 1.92. The van der Waals surface area contributed by atoms with Crippen molar-refractivity contribution in [3.05, 3.63) is 24.2 Å². The van der Waals surface area contributed by atoms with E-state index in [9.17, 15) is 8.42 Å². The van der Waals surface area contributed by atoms with Gasteiger partial charge >= 0.3 is 0 Å². The highest BCUT2D eigenvalue weighted by atomic mass is 35.7. The minimum atomic E-state index is -3.66. The van der Waals surface area contributed by atoms with Gasteiger partial charge in [0.1, 0.15) is 4.21 Å². The van der Waals surface area contributed by atoms with Gasteiger partial charge in [0, 0.05) is 17.1 Å². The zero-order valence-electron chi connectivity index (χ0n) is 8.31. The van der Waals surface area contributed by atoms with Crippen LogP contribution in [-0.2, 0) is 15.5 Å². The quantitative estimate of drug-likeness (QED) is 0.810. The topological polar surface area (TPSA) is 60.2 Å². The number of nitrogens with zero attached hydrogens (tertiary/aromatic N) is 1. The van der Waals surface area contributed by atoms with Crippen LogP contribution in [0.4, 0.5) is 0 Å². The van der Waals surface area contributed by atoms with Crippen LogP contribution < -0.4 is 0 Å². The Hall–Kier alpha value is -0.850. The molecule has 0 amide bonds. The van der Waals surface area contributed by atoms with Gasteiger partial charge in [-0.15, -0.1) is 11.3 Å². The Kier molecular flexibility index (Phi) is 3.05. The van der Waals surface area contributed by atoms with Gasteiger partial charge in [-0.1, -0.05) is 6.92 Å². The van der Waals surface area contributed by atoms with E-state index in [-0.39, 0.29) is 4.21 Å². The van der Waals surface area contributed by atoms with E-state index in [0.29, 0.717) is 22.9 Å². The van der Waals surface area contributed by atoms with Crippen molar-refractivity contribution in [1.82, 2.24) is 4.98 Å². The highest BCUT2D eigenvalue weighted by molar-refractivity contribution is 8.15. The van der Waals surface area contributed by atoms with Gasteiger partial charge < -0.3 is 4.42 Å². The van der Waals surface area contributed by atoms with Crippen molar-refractivity contribution in [3.8, 4) is 10.6 Å². The summed E-state index contributed by atoms with van der Waals surface area (Å²) >= 11 is 1.06. The molecule has 0 aromatic carbocycles. The maximum absolute atomic E-state index is 11.1. The summed E-state index contributed by atoms with van der Waals surface area (Å²) in [7, 11) is 1.57. The van der Waals surface area contributed by atoms with Crippen molar-refractivity contribution >= 4 is 31.1 Å². The first-order valence-electron chi connectivity index (χ1n) is 4.50. The van der Waals surface area contributed by atoms with Crippen molar-refractivity contribution in [2.45, 2.75) is 17.6 Å². The van der Waals surface area contributed by atoms with Crippen LogP contribution in [0, 0.1) is 0 Å². The van der Waals surface area contributed by atoms with Crippen LogP contribution in [0.5, 0.6) is 0 Å². The van der Waals surface area contributed by atoms with Gasteiger partial charge in [0.25, 0.3) is 9.05 Å². The van der Waals surface area contributed by atoms with Gasteiger partial charge in [-0.2, -0.15) is 0 Å². The van der Waals surface area contributed by atoms with E-state index in [1.54, 1.807) is 12.3 Å². The summed E-state index contributed by atoms with van der Waals surface area (Å²) in [4.78, 5) is 4.74. The third-order valence-corrected chi connectivity index (χ3v) is 5.11. The SMILES string of the molecule is CCc1ncc(-c2ccc(S(=O)(=O)Cl)s2)o1. The molecule has 0 aliphatic rings. The monoisotopic (exact) mass is 277 g/mol. The summed E-state index contributed by atoms with van der Waals surface area (Å²) in [5.74, 6) is 1.19. The predicted octanol–water partition coefficient (Wildman–Crippen LogP) is 2.89. The molecule has 0 fully saturated rings. The van der Waals surface area contributed by atoms with E-state index in [1.807, 2.05) is 6.92 Å². The lowest BCUT2D eigenvalue weighted by molar-refractivity contribution is 0.515. The molecule has 0 bridgehead atoms. The van der Waals surface area contributed by atoms with Gasteiger partial charge in [0.15, 0.2) is 11.7 Å². The van der Waals surface area contributed by atoms with Crippen molar-refractivity contribution in [2.75, 3.05) is 0 Å². The molecule has 2 heterocycles. The second-order valence-corrected chi connectivity index (χ2v) is 6.90. The van der Waals surface area contributed by atoms with Gasteiger partial charge in [0.05, 0.1) is 11.1 Å². The molecule has 0 saturated heterocycles. The molecule has 2 rings (SSSR count). The molecule has 0 N–H and O–H groups in total. The number of aromatic nitrogens is 1. The lowest BCUT2D eigenvalue weighted by Gasteiger charge is -1.89. The fraction of sp³-hybridized carbons (Fsp3) is 0.222. The lowest BCUT2D eigenvalue weighted by Crippen LogP contribution is -1.83. The van der Waals surface area contributed by atoms with Crippen LogP contribution in [0.15, 0.2) is 27.0 Å². The average molecular weight is 278 g/mol. The number of aryl methyl sites for hydroxylation is 1. The standard InChI is InChI=1S/C9H8ClNO3S2/c1-2-8-11-5-6(14-8)7-3-4-9(15-7)16(10,12)13/h3-5H,2H2,1H3. The molecule has 0 aliphatic heterocycles. The third kappa shape index (κ3) is 2.28. The Labute approximate surface area is 101 Å². The Morgan fingerprint density at radius 2 is 2.25 bits per heavy atom. The fourth-order valence-corrected chi connectivity index (χ4v) is 3.19. The molecular formula is C9H8ClNO3S2. The summed E-state index contributed by atoms with van der Waals surface area (Å²) < 4.78 is 27.7. The minimum Gasteiger partial charge on any atom is -0.440 e. The molecule has 16 heavy (non-hydrogen) atoms. The normalized spacial score (nSPS) is 11.9. The Balaban J connectivity index is 2.39. The van der Waals surface area contributed by atoms with Gasteiger partial charge in [0.2, 0.25) is 0 Å². The van der Waals surface area contributed by atoms with Crippen molar-refractivity contribution in [3.63, 3.8) is 0 Å². The highest BCUT2D eigenvalue weighted by Crippen LogP contribution is 2.32. The molecule has 0 saturated carbocycles. The predicted molar refractivity (Wildman–Crippen MR) is 62.2 cm³/mol. The van der Waals surface area contributed by atoms with Gasteiger partial charge in [-0.25, -0.2) is 13.4 Å². The first kappa shape index (κ1) is 11.6. The van der Waals surface area contributed by atoms with E-state index in [2.05, 4.69) is 4.98 Å². The second kappa shape index (κ2) is 4.20. The summed E-state index contributed by atoms with van der Waals surface area (Å²) in [6, 6.07) is 3.11. The maximum Gasteiger partial charge on any atom is 0.270 e. The van der Waals surface area contributed by atoms with Crippen LogP contribution in [-0.4, -0.2) is 13.4 Å². The van der Waals surface area contributed by atoms with E-state index in [0.717, 1.165) is 11.3 Å². The first-order chi connectivity index (χ1) is 7.50. The molecule has 0 atom stereocenters. The highest BCUT2D eigenvalue weighted by Gasteiger charge is 2.15. The molecule has 7 heteroatoms. The first-order valence-corrected chi connectivity index (χ1v) is 7.63. The summed E-state index contributed by atoms with van der Waals surface area (Å²) in [6.07, 6.45) is 2.28. The number of thiophene rings is 1. The lowest BCUT2D eigenvalue weighted by atomic mass is 10.4. The van der Waals surface area contributed by atoms with Crippen molar-refractivity contribution < 1.29 is 12.8 Å². The molecule has 86 valence electrons. The molecule has 4 nitrogen and oxygen atoms in total. The zero-order chi connectivity index (χ0) is 11.8. The van der Waals surface area contributed by atoms with Crippen molar-refractivity contribution in [2.24, 2.45) is 0 Å². The van der Waals surface area contributed by atoms with Gasteiger partial charge in [-0.3, -0.25) is 0 Å². The Bertz CT molecular complexity index is 600. The Morgan fingerprint density at radius 1 is 1.50 bits per heavy atom. The van der Waals surface area contributed by atoms with Crippen LogP contribution in [0.1, 0.15) is 12.8 Å². The smallest absolute Gasteiger partial charge is 0.270 e. The van der Waals surface area contributed by atoms with E-state index < -0.39 is 9.05 Å². The molecule has 0 aliphatic carbocycles. The molecule has 0 spiro atoms. The summed E-state index contributed by atoms with van der Waals surface area (Å²) in [5.41, 5.74) is 0. The van der Waals surface area contributed by atoms with Crippen LogP contribution in [0.2, 0.25) is 0 Å². The van der Waals surface area contributed by atoms with E-state index >= 15 is 0 Å². The number of hydrogen-bond donors (Lipinski definition) is 0. The summed E-state index contributed by atoms with van der Waals surface area (Å²) in [6.45, 7) is 1.93. The zero-order valence-corrected chi connectivity index (χ0v) is 10.7. The number of hydrogen-bond acceptors (Lipinski definition) is 5. The summed E-state index contributed by atoms with van der Waals surface area (Å²) in [5, 5.41) is 0. The molecule has 2 aromatic rings. The number of oxazole rings is 1. The number of rotatable bonds is 3. The average Bonchev–Trinajstić information content (AvgIpc) is 2.85. The Morgan fingerprint density at radius 3 is 2.75 bits per heavy atom. The van der Waals surface area contributed by atoms with Crippen LogP contribution in [0.3, 0.4) is 0 Å². The van der Waals surface area contributed by atoms with Gasteiger partial charge in [-0.05, 0) is 12.1 Å². The van der Waals surface area contributed by atoms with Crippen LogP contribution >= 0.6 is 22.0 Å². The van der Waals surface area contributed by atoms with E-state index in [1.165, 1.54) is 6.07 Å².